The fourth-order valence-corrected chi connectivity index (χ4v) is 3.81. The Labute approximate surface area is 143 Å². The largest absolute Gasteiger partial charge is 0.412 e. The standard InChI is InChI=1S/C15H23BrN4O3/c1-7-6-10(8(2)9(3)15(7,4)5)17-12-11(16)14(21)19-18-13(12)20(22)23/h7-10H,6H2,1-5H3,(H2,17,19,21)/t7-,8+,9+,10+/m0/s1. The van der Waals surface area contributed by atoms with Gasteiger partial charge in [-0.05, 0) is 50.4 Å². The first-order chi connectivity index (χ1) is 10.6. The molecule has 0 radical (unpaired) electrons. The lowest BCUT2D eigenvalue weighted by Gasteiger charge is -2.50. The maximum Gasteiger partial charge on any atom is 0.412 e. The fraction of sp³-hybridized carbons (Fsp3) is 0.733. The molecule has 1 aromatic rings. The maximum absolute atomic E-state index is 11.7. The summed E-state index contributed by atoms with van der Waals surface area (Å²) in [7, 11) is 0. The molecule has 1 aliphatic rings. The van der Waals surface area contributed by atoms with Gasteiger partial charge in [-0.15, -0.1) is 5.10 Å². The summed E-state index contributed by atoms with van der Waals surface area (Å²) in [4.78, 5) is 22.4. The minimum atomic E-state index is -0.590. The topological polar surface area (TPSA) is 101 Å². The summed E-state index contributed by atoms with van der Waals surface area (Å²) in [6.07, 6.45) is 0.884. The molecule has 128 valence electrons. The highest BCUT2D eigenvalue weighted by atomic mass is 79.9. The molecule has 0 bridgehead atoms. The van der Waals surface area contributed by atoms with Crippen LogP contribution in [0.4, 0.5) is 11.5 Å². The minimum absolute atomic E-state index is 0.0478. The Kier molecular flexibility index (Phi) is 4.84. The number of rotatable bonds is 3. The quantitative estimate of drug-likeness (QED) is 0.610. The third-order valence-corrected chi connectivity index (χ3v) is 6.64. The van der Waals surface area contributed by atoms with Crippen LogP contribution in [0, 0.1) is 33.3 Å². The smallest absolute Gasteiger partial charge is 0.374 e. The van der Waals surface area contributed by atoms with Crippen molar-refractivity contribution in [3.63, 3.8) is 0 Å². The number of nitro groups is 1. The normalized spacial score (nSPS) is 30.0. The summed E-state index contributed by atoms with van der Waals surface area (Å²) in [6.45, 7) is 11.1. The molecule has 0 amide bonds. The monoisotopic (exact) mass is 386 g/mol. The molecule has 1 aliphatic carbocycles. The van der Waals surface area contributed by atoms with Gasteiger partial charge in [0.05, 0.1) is 5.10 Å². The maximum atomic E-state index is 11.7. The SMILES string of the molecule is C[C@@H]1[C@@H](C)C(C)(C)[C@@H](C)C[C@H]1Nc1c([N+](=O)[O-])n[nH]c(=O)c1Br. The van der Waals surface area contributed by atoms with E-state index in [1.54, 1.807) is 0 Å². The van der Waals surface area contributed by atoms with Crippen LogP contribution in [0.15, 0.2) is 9.27 Å². The van der Waals surface area contributed by atoms with Crippen LogP contribution < -0.4 is 10.9 Å². The Bertz CT molecular complexity index is 673. The first kappa shape index (κ1) is 17.9. The second kappa shape index (κ2) is 6.22. The molecule has 2 rings (SSSR count). The predicted molar refractivity (Wildman–Crippen MR) is 92.5 cm³/mol. The molecule has 0 spiro atoms. The van der Waals surface area contributed by atoms with Crippen LogP contribution in [0.3, 0.4) is 0 Å². The molecule has 8 heteroatoms. The molecule has 1 saturated carbocycles. The molecular weight excluding hydrogens is 364 g/mol. The van der Waals surface area contributed by atoms with Crippen molar-refractivity contribution in [3.05, 3.63) is 24.9 Å². The van der Waals surface area contributed by atoms with Gasteiger partial charge in [-0.3, -0.25) is 4.79 Å². The van der Waals surface area contributed by atoms with E-state index in [0.717, 1.165) is 6.42 Å². The number of halogens is 1. The van der Waals surface area contributed by atoms with Gasteiger partial charge in [0.25, 0.3) is 5.56 Å². The van der Waals surface area contributed by atoms with Crippen molar-refractivity contribution >= 4 is 27.4 Å². The van der Waals surface area contributed by atoms with E-state index in [1.807, 2.05) is 0 Å². The van der Waals surface area contributed by atoms with Crippen LogP contribution >= 0.6 is 15.9 Å². The molecule has 1 fully saturated rings. The van der Waals surface area contributed by atoms with E-state index in [-0.39, 0.29) is 27.4 Å². The molecule has 2 N–H and O–H groups in total. The van der Waals surface area contributed by atoms with Gasteiger partial charge < -0.3 is 15.4 Å². The third kappa shape index (κ3) is 3.13. The van der Waals surface area contributed by atoms with Crippen LogP contribution in [0.5, 0.6) is 0 Å². The van der Waals surface area contributed by atoms with E-state index in [2.05, 4.69) is 66.1 Å². The Hall–Kier alpha value is -1.44. The Morgan fingerprint density at radius 1 is 1.39 bits per heavy atom. The van der Waals surface area contributed by atoms with Crippen molar-refractivity contribution in [3.8, 4) is 0 Å². The van der Waals surface area contributed by atoms with E-state index in [4.69, 9.17) is 0 Å². The Morgan fingerprint density at radius 2 is 2.00 bits per heavy atom. The summed E-state index contributed by atoms with van der Waals surface area (Å²) < 4.78 is 0.122. The Morgan fingerprint density at radius 3 is 2.57 bits per heavy atom. The molecule has 0 unspecified atom stereocenters. The highest BCUT2D eigenvalue weighted by molar-refractivity contribution is 9.10. The summed E-state index contributed by atoms with van der Waals surface area (Å²) in [6, 6.07) is 0.0478. The van der Waals surface area contributed by atoms with E-state index in [0.29, 0.717) is 17.8 Å². The predicted octanol–water partition coefficient (Wildman–Crippen LogP) is 3.56. The van der Waals surface area contributed by atoms with Crippen LogP contribution in [-0.2, 0) is 0 Å². The average molecular weight is 387 g/mol. The van der Waals surface area contributed by atoms with E-state index in [1.165, 1.54) is 0 Å². The zero-order valence-electron chi connectivity index (χ0n) is 14.0. The first-order valence-electron chi connectivity index (χ1n) is 7.76. The van der Waals surface area contributed by atoms with Crippen molar-refractivity contribution in [2.45, 2.75) is 47.1 Å². The lowest BCUT2D eigenvalue weighted by atomic mass is 9.58. The zero-order chi connectivity index (χ0) is 17.5. The number of aromatic amines is 1. The van der Waals surface area contributed by atoms with Crippen LogP contribution in [-0.4, -0.2) is 21.2 Å². The lowest BCUT2D eigenvalue weighted by Crippen LogP contribution is -2.48. The zero-order valence-corrected chi connectivity index (χ0v) is 15.6. The third-order valence-electron chi connectivity index (χ3n) is 5.88. The van der Waals surface area contributed by atoms with Gasteiger partial charge in [0.2, 0.25) is 0 Å². The molecule has 7 nitrogen and oxygen atoms in total. The average Bonchev–Trinajstić information content (AvgIpc) is 2.47. The molecule has 1 heterocycles. The number of aromatic nitrogens is 2. The number of anilines is 1. The van der Waals surface area contributed by atoms with Crippen LogP contribution in [0.1, 0.15) is 41.0 Å². The van der Waals surface area contributed by atoms with Crippen molar-refractivity contribution < 1.29 is 4.92 Å². The molecule has 0 aliphatic heterocycles. The number of hydrogen-bond acceptors (Lipinski definition) is 5. The van der Waals surface area contributed by atoms with Gasteiger partial charge in [0.15, 0.2) is 5.69 Å². The van der Waals surface area contributed by atoms with E-state index in [9.17, 15) is 14.9 Å². The van der Waals surface area contributed by atoms with Gasteiger partial charge in [-0.1, -0.05) is 34.6 Å². The summed E-state index contributed by atoms with van der Waals surface area (Å²) in [5.41, 5.74) is -0.120. The molecule has 1 aromatic heterocycles. The minimum Gasteiger partial charge on any atom is -0.374 e. The lowest BCUT2D eigenvalue weighted by molar-refractivity contribution is -0.389. The molecular formula is C15H23BrN4O3. The fourth-order valence-electron chi connectivity index (χ4n) is 3.43. The van der Waals surface area contributed by atoms with E-state index < -0.39 is 10.5 Å². The molecule has 4 atom stereocenters. The van der Waals surface area contributed by atoms with Gasteiger partial charge >= 0.3 is 5.82 Å². The van der Waals surface area contributed by atoms with Crippen LogP contribution in [0.2, 0.25) is 0 Å². The number of nitrogens with zero attached hydrogens (tertiary/aromatic N) is 2. The number of hydrogen-bond donors (Lipinski definition) is 2. The summed E-state index contributed by atoms with van der Waals surface area (Å²) >= 11 is 3.15. The second-order valence-corrected chi connectivity index (χ2v) is 7.97. The van der Waals surface area contributed by atoms with Crippen molar-refractivity contribution in [2.75, 3.05) is 5.32 Å². The number of H-pyrrole nitrogens is 1. The van der Waals surface area contributed by atoms with Gasteiger partial charge in [-0.25, -0.2) is 0 Å². The molecule has 0 aromatic carbocycles. The summed E-state index contributed by atoms with van der Waals surface area (Å²) in [5, 5.41) is 20.1. The van der Waals surface area contributed by atoms with Crippen LogP contribution in [0.25, 0.3) is 0 Å². The Balaban J connectivity index is 2.38. The van der Waals surface area contributed by atoms with Crippen molar-refractivity contribution in [1.29, 1.82) is 0 Å². The molecule has 0 saturated heterocycles. The van der Waals surface area contributed by atoms with E-state index >= 15 is 0 Å². The summed E-state index contributed by atoms with van der Waals surface area (Å²) in [5.74, 6) is 0.844. The molecule has 23 heavy (non-hydrogen) atoms. The second-order valence-electron chi connectivity index (χ2n) is 7.18. The highest BCUT2D eigenvalue weighted by Crippen LogP contribution is 2.48. The van der Waals surface area contributed by atoms with Crippen molar-refractivity contribution in [2.24, 2.45) is 23.2 Å². The van der Waals surface area contributed by atoms with Gasteiger partial charge in [0, 0.05) is 6.04 Å². The highest BCUT2D eigenvalue weighted by Gasteiger charge is 2.44. The van der Waals surface area contributed by atoms with Crippen molar-refractivity contribution in [1.82, 2.24) is 10.2 Å². The van der Waals surface area contributed by atoms with Gasteiger partial charge in [0.1, 0.15) is 4.47 Å². The van der Waals surface area contributed by atoms with Gasteiger partial charge in [-0.2, -0.15) is 0 Å². The first-order valence-corrected chi connectivity index (χ1v) is 8.55. The number of nitrogens with one attached hydrogen (secondary N) is 2.